The molecule has 0 spiro atoms. The molecule has 4 rings (SSSR count). The Balaban J connectivity index is 1.44. The number of hydrogen-bond donors (Lipinski definition) is 1. The number of anilines is 1. The number of para-hydroxylation sites is 2. The molecule has 0 unspecified atom stereocenters. The Labute approximate surface area is 186 Å². The van der Waals surface area contributed by atoms with Crippen LogP contribution in [0, 0.1) is 20.2 Å². The quantitative estimate of drug-likeness (QED) is 0.418. The first kappa shape index (κ1) is 21.3. The van der Waals surface area contributed by atoms with Gasteiger partial charge in [0, 0.05) is 38.3 Å². The van der Waals surface area contributed by atoms with Crippen LogP contribution >= 0.6 is 11.8 Å². The van der Waals surface area contributed by atoms with Crippen molar-refractivity contribution in [3.63, 3.8) is 0 Å². The number of nitro benzene ring substituents is 2. The number of aliphatic imine (C=N–C) groups is 1. The van der Waals surface area contributed by atoms with Crippen molar-refractivity contribution in [3.05, 3.63) is 73.2 Å². The second kappa shape index (κ2) is 8.67. The number of carbonyl (C=O) groups is 1. The Kier molecular flexibility index (Phi) is 5.77. The van der Waals surface area contributed by atoms with E-state index < -0.39 is 27.2 Å². The van der Waals surface area contributed by atoms with Gasteiger partial charge in [-0.1, -0.05) is 18.2 Å². The van der Waals surface area contributed by atoms with E-state index in [1.807, 2.05) is 9.80 Å². The lowest BCUT2D eigenvalue weighted by molar-refractivity contribution is -0.385. The maximum atomic E-state index is 12.4. The van der Waals surface area contributed by atoms with Crippen molar-refractivity contribution in [2.45, 2.75) is 0 Å². The van der Waals surface area contributed by atoms with Crippen molar-refractivity contribution in [2.75, 3.05) is 31.1 Å². The molecule has 164 valence electrons. The first-order valence-electron chi connectivity index (χ1n) is 9.57. The normalized spacial score (nSPS) is 17.6. The van der Waals surface area contributed by atoms with E-state index in [0.717, 1.165) is 0 Å². The van der Waals surface area contributed by atoms with Crippen molar-refractivity contribution >= 4 is 46.0 Å². The van der Waals surface area contributed by atoms with Crippen LogP contribution in [0.5, 0.6) is 5.75 Å². The molecule has 2 heterocycles. The zero-order chi connectivity index (χ0) is 22.8. The minimum Gasteiger partial charge on any atom is -0.502 e. The smallest absolute Gasteiger partial charge is 0.311 e. The summed E-state index contributed by atoms with van der Waals surface area (Å²) in [6, 6.07) is 10.5. The van der Waals surface area contributed by atoms with Crippen molar-refractivity contribution in [3.8, 4) is 5.75 Å². The van der Waals surface area contributed by atoms with Gasteiger partial charge < -0.3 is 14.9 Å². The SMILES string of the molecule is O=C1N=C(N2CCN(c3ccccc3[N+](=O)[O-])CC2)S/C1=C/c1ccc(O)c([N+](=O)[O-])c1. The number of benzene rings is 2. The fourth-order valence-corrected chi connectivity index (χ4v) is 4.45. The van der Waals surface area contributed by atoms with Gasteiger partial charge in [-0.15, -0.1) is 0 Å². The van der Waals surface area contributed by atoms with E-state index in [2.05, 4.69) is 4.99 Å². The summed E-state index contributed by atoms with van der Waals surface area (Å²) in [7, 11) is 0. The highest BCUT2D eigenvalue weighted by Gasteiger charge is 2.30. The Morgan fingerprint density at radius 1 is 0.969 bits per heavy atom. The summed E-state index contributed by atoms with van der Waals surface area (Å²) in [6.07, 6.45) is 1.50. The highest BCUT2D eigenvalue weighted by Crippen LogP contribution is 2.34. The summed E-state index contributed by atoms with van der Waals surface area (Å²) in [5.41, 5.74) is 0.575. The Morgan fingerprint density at radius 3 is 2.31 bits per heavy atom. The van der Waals surface area contributed by atoms with Crippen LogP contribution < -0.4 is 4.90 Å². The van der Waals surface area contributed by atoms with Crippen molar-refractivity contribution in [1.29, 1.82) is 0 Å². The van der Waals surface area contributed by atoms with Crippen molar-refractivity contribution in [1.82, 2.24) is 4.90 Å². The fourth-order valence-electron chi connectivity index (χ4n) is 3.49. The topological polar surface area (TPSA) is 142 Å². The number of amidine groups is 1. The van der Waals surface area contributed by atoms with E-state index in [1.165, 1.54) is 42.1 Å². The fraction of sp³-hybridized carbons (Fsp3) is 0.200. The number of amides is 1. The van der Waals surface area contributed by atoms with Gasteiger partial charge in [0.1, 0.15) is 5.69 Å². The number of nitrogens with zero attached hydrogens (tertiary/aromatic N) is 5. The molecule has 32 heavy (non-hydrogen) atoms. The number of thioether (sulfide) groups is 1. The molecule has 0 radical (unpaired) electrons. The predicted molar refractivity (Wildman–Crippen MR) is 120 cm³/mol. The maximum absolute atomic E-state index is 12.4. The molecule has 2 aliphatic rings. The number of aromatic hydroxyl groups is 1. The summed E-state index contributed by atoms with van der Waals surface area (Å²) >= 11 is 1.17. The van der Waals surface area contributed by atoms with Gasteiger partial charge in [0.15, 0.2) is 10.9 Å². The molecule has 1 saturated heterocycles. The number of carbonyl (C=O) groups excluding carboxylic acids is 1. The second-order valence-electron chi connectivity index (χ2n) is 7.04. The average Bonchev–Trinajstić information content (AvgIpc) is 3.15. The van der Waals surface area contributed by atoms with Crippen LogP contribution in [0.1, 0.15) is 5.56 Å². The summed E-state index contributed by atoms with van der Waals surface area (Å²) in [5.74, 6) is -0.891. The van der Waals surface area contributed by atoms with E-state index in [-0.39, 0.29) is 5.69 Å². The molecule has 11 nitrogen and oxygen atoms in total. The lowest BCUT2D eigenvalue weighted by Crippen LogP contribution is -2.48. The van der Waals surface area contributed by atoms with E-state index >= 15 is 0 Å². The number of nitro groups is 2. The lowest BCUT2D eigenvalue weighted by Gasteiger charge is -2.36. The third-order valence-corrected chi connectivity index (χ3v) is 6.12. The van der Waals surface area contributed by atoms with Gasteiger partial charge in [-0.3, -0.25) is 25.0 Å². The molecule has 1 fully saturated rings. The number of phenolic OH excluding ortho intramolecular Hbond substituents is 1. The Morgan fingerprint density at radius 2 is 1.62 bits per heavy atom. The van der Waals surface area contributed by atoms with E-state index in [4.69, 9.17) is 0 Å². The molecule has 0 bridgehead atoms. The van der Waals surface area contributed by atoms with E-state index in [0.29, 0.717) is 47.5 Å². The standard InChI is InChI=1S/C20H17N5O6S/c26-17-6-5-13(11-16(17)25(30)31)12-18-19(27)21-20(32-18)23-9-7-22(8-10-23)14-3-1-2-4-15(14)24(28)29/h1-6,11-12,26H,7-10H2/b18-12+. The van der Waals surface area contributed by atoms with Crippen molar-refractivity contribution in [2.24, 2.45) is 4.99 Å². The number of rotatable bonds is 4. The van der Waals surface area contributed by atoms with Crippen LogP contribution in [-0.4, -0.2) is 57.1 Å². The van der Waals surface area contributed by atoms with Crippen LogP contribution in [-0.2, 0) is 4.79 Å². The zero-order valence-electron chi connectivity index (χ0n) is 16.6. The zero-order valence-corrected chi connectivity index (χ0v) is 17.4. The number of hydrogen-bond acceptors (Lipinski definition) is 9. The monoisotopic (exact) mass is 455 g/mol. The lowest BCUT2D eigenvalue weighted by atomic mass is 10.1. The molecule has 0 saturated carbocycles. The van der Waals surface area contributed by atoms with Crippen molar-refractivity contribution < 1.29 is 19.7 Å². The first-order valence-corrected chi connectivity index (χ1v) is 10.4. The number of piperazine rings is 1. The molecule has 0 aromatic heterocycles. The molecule has 2 aliphatic heterocycles. The van der Waals surface area contributed by atoms with Gasteiger partial charge in [0.25, 0.3) is 11.6 Å². The third-order valence-electron chi connectivity index (χ3n) is 5.07. The highest BCUT2D eigenvalue weighted by molar-refractivity contribution is 8.18. The van der Waals surface area contributed by atoms with E-state index in [1.54, 1.807) is 18.2 Å². The molecule has 12 heteroatoms. The summed E-state index contributed by atoms with van der Waals surface area (Å²) in [6.45, 7) is 2.12. The average molecular weight is 455 g/mol. The van der Waals surface area contributed by atoms with Crippen LogP contribution in [0.25, 0.3) is 6.08 Å². The summed E-state index contributed by atoms with van der Waals surface area (Å²) in [4.78, 5) is 41.8. The van der Waals surface area contributed by atoms with Gasteiger partial charge in [0.05, 0.1) is 14.8 Å². The van der Waals surface area contributed by atoms with Gasteiger partial charge in [-0.25, -0.2) is 0 Å². The largest absolute Gasteiger partial charge is 0.502 e. The Bertz CT molecular complexity index is 1170. The van der Waals surface area contributed by atoms with Crippen LogP contribution in [0.2, 0.25) is 0 Å². The number of phenols is 1. The highest BCUT2D eigenvalue weighted by atomic mass is 32.2. The molecule has 1 N–H and O–H groups in total. The van der Waals surface area contributed by atoms with Gasteiger partial charge in [0.2, 0.25) is 0 Å². The molecule has 2 aromatic carbocycles. The third kappa shape index (κ3) is 4.25. The molecule has 0 atom stereocenters. The predicted octanol–water partition coefficient (Wildman–Crippen LogP) is 3.00. The molecule has 2 aromatic rings. The molecular weight excluding hydrogens is 438 g/mol. The minimum absolute atomic E-state index is 0.0527. The maximum Gasteiger partial charge on any atom is 0.311 e. The van der Waals surface area contributed by atoms with Gasteiger partial charge in [-0.2, -0.15) is 4.99 Å². The second-order valence-corrected chi connectivity index (χ2v) is 8.04. The van der Waals surface area contributed by atoms with Gasteiger partial charge in [-0.05, 0) is 35.5 Å². The van der Waals surface area contributed by atoms with Crippen LogP contribution in [0.4, 0.5) is 17.1 Å². The molecule has 0 aliphatic carbocycles. The molecular formula is C20H17N5O6S. The van der Waals surface area contributed by atoms with Crippen LogP contribution in [0.15, 0.2) is 52.4 Å². The summed E-state index contributed by atoms with van der Waals surface area (Å²) < 4.78 is 0. The van der Waals surface area contributed by atoms with Gasteiger partial charge >= 0.3 is 5.69 Å². The Hall–Kier alpha value is -3.93. The van der Waals surface area contributed by atoms with Crippen LogP contribution in [0.3, 0.4) is 0 Å². The van der Waals surface area contributed by atoms with E-state index in [9.17, 15) is 30.1 Å². The minimum atomic E-state index is -0.695. The molecule has 1 amide bonds. The summed E-state index contributed by atoms with van der Waals surface area (Å²) in [5, 5.41) is 32.4. The first-order chi connectivity index (χ1) is 15.3.